The van der Waals surface area contributed by atoms with Crippen LogP contribution in [-0.2, 0) is 28.8 Å². The van der Waals surface area contributed by atoms with Crippen molar-refractivity contribution in [3.8, 4) is 119 Å². The Morgan fingerprint density at radius 1 is 0.282 bits per heavy atom. The largest absolute Gasteiger partial charge is 0.497 e. The van der Waals surface area contributed by atoms with Gasteiger partial charge in [-0.1, -0.05) is 190 Å². The van der Waals surface area contributed by atoms with Crippen LogP contribution in [0.3, 0.4) is 0 Å². The van der Waals surface area contributed by atoms with E-state index in [0.29, 0.717) is 105 Å². The van der Waals surface area contributed by atoms with Crippen molar-refractivity contribution in [2.45, 2.75) is 114 Å². The number of piperidine rings is 6. The molecule has 7 amide bonds. The standard InChI is InChI=1S/C22H25NO4.C21H22ClNO3.C21H20N2O2.C21H23NO3.C20H20ClNO2.C17H22N2O3/c1-4-22(24)23-11-9-17(10-12-23)27-19-14-16(13-18(15-19)25-2)20-7-5-6-8-21(20)26-3;1-3-21(24)23-12-10-15(11-13-23)26-16-8-9-19(22)18(14-16)17-6-4-5-7-20(17)25-2;1-2-21(24)23-12-10-19(11-13-23)25-20-5-3-4-18(14-20)17-8-6-16(15-22)7-9-17;1-3-21(23)22-11-9-18(10-12-22)25-20-14-17(13-19(15-20)24-2)16-7-5-4-6-8-16;1-2-20(23)22-12-10-16(11-13-22)24-17-8-9-19(21)18(14-17)15-6-4-3-5-7-15;1-4-16(20)19-10-8-14(9-11-19)22-15-7-5-6-13(12-15)17(21)18(2)3/h4-8,13-15,17H,1,9-12H2,2-3H3;3-9,14-15H,1,10-13H2,2H3;2-9,14,19H,1,10-13H2;3-8,13-15,18H,1,9-12H2,2H3;2-9,14,16H,1,10-13H2;4-7,12,14H,1,8-11H2,2-3H3. The number of hydrogen-bond donors (Lipinski definition) is 0. The maximum Gasteiger partial charge on any atom is 0.253 e. The number of nitrogens with zero attached hydrogens (tertiary/aromatic N) is 8. The van der Waals surface area contributed by atoms with Gasteiger partial charge in [-0.15, -0.1) is 0 Å². The maximum absolute atomic E-state index is 12.0. The monoisotopic (exact) mass is 2050 g/mol. The highest BCUT2D eigenvalue weighted by atomic mass is 35.5. The minimum atomic E-state index is -0.0446. The van der Waals surface area contributed by atoms with Crippen LogP contribution in [0.5, 0.6) is 57.5 Å². The number of halogens is 2. The van der Waals surface area contributed by atoms with Crippen LogP contribution in [0.4, 0.5) is 0 Å². The van der Waals surface area contributed by atoms with Crippen molar-refractivity contribution >= 4 is 64.6 Å². The number of carbonyl (C=O) groups is 7. The van der Waals surface area contributed by atoms with Crippen molar-refractivity contribution in [2.24, 2.45) is 0 Å². The van der Waals surface area contributed by atoms with E-state index in [1.165, 1.54) is 36.5 Å². The molecular formula is C122H132Cl2N8O17. The van der Waals surface area contributed by atoms with Crippen molar-refractivity contribution in [1.29, 1.82) is 5.26 Å². The maximum atomic E-state index is 12.0. The van der Waals surface area contributed by atoms with Crippen LogP contribution in [0.1, 0.15) is 93.0 Å². The van der Waals surface area contributed by atoms with Gasteiger partial charge < -0.3 is 81.7 Å². The zero-order valence-corrected chi connectivity index (χ0v) is 87.2. The summed E-state index contributed by atoms with van der Waals surface area (Å²) < 4.78 is 58.5. The highest BCUT2D eigenvalue weighted by Crippen LogP contribution is 2.41. The third-order valence-electron chi connectivity index (χ3n) is 26.2. The lowest BCUT2D eigenvalue weighted by Crippen LogP contribution is -2.41. The molecule has 25 nitrogen and oxygen atoms in total. The third kappa shape index (κ3) is 33.1. The molecule has 0 bridgehead atoms. The Morgan fingerprint density at radius 2 is 0.577 bits per heavy atom. The Morgan fingerprint density at radius 3 is 0.953 bits per heavy atom. The number of benzene rings is 11. The number of hydrogen-bond acceptors (Lipinski definition) is 18. The summed E-state index contributed by atoms with van der Waals surface area (Å²) in [6.45, 7) is 29.5. The first-order chi connectivity index (χ1) is 72.3. The second-order valence-corrected chi connectivity index (χ2v) is 37.0. The van der Waals surface area contributed by atoms with Gasteiger partial charge in [-0.25, -0.2) is 0 Å². The van der Waals surface area contributed by atoms with Crippen molar-refractivity contribution < 1.29 is 80.9 Å². The van der Waals surface area contributed by atoms with Crippen LogP contribution >= 0.6 is 23.2 Å². The summed E-state index contributed by atoms with van der Waals surface area (Å²) in [6.07, 6.45) is 18.4. The van der Waals surface area contributed by atoms with Gasteiger partial charge in [0.05, 0.1) is 40.1 Å². The average Bonchev–Trinajstić information content (AvgIpc) is 0.817. The zero-order chi connectivity index (χ0) is 106. The topological polar surface area (TPSA) is 258 Å². The molecule has 17 rings (SSSR count). The van der Waals surface area contributed by atoms with Crippen LogP contribution in [-0.4, -0.2) is 233 Å². The van der Waals surface area contributed by atoms with Gasteiger partial charge in [-0.05, 0) is 185 Å². The highest BCUT2D eigenvalue weighted by Gasteiger charge is 2.31. The number of likely N-dealkylation sites (tertiary alicyclic amines) is 6. The molecule has 27 heteroatoms. The summed E-state index contributed by atoms with van der Waals surface area (Å²) in [4.78, 5) is 94.2. The number of amides is 7. The number of rotatable bonds is 28. The minimum Gasteiger partial charge on any atom is -0.497 e. The number of nitriles is 1. The lowest BCUT2D eigenvalue weighted by atomic mass is 10.0. The van der Waals surface area contributed by atoms with E-state index in [9.17, 15) is 33.6 Å². The zero-order valence-electron chi connectivity index (χ0n) is 85.7. The van der Waals surface area contributed by atoms with Crippen LogP contribution in [0, 0.1) is 11.3 Å². The van der Waals surface area contributed by atoms with E-state index in [1.807, 2.05) is 240 Å². The molecule has 0 saturated carbocycles. The number of methoxy groups -OCH3 is 4. The molecule has 0 aromatic heterocycles. The van der Waals surface area contributed by atoms with Gasteiger partial charge in [0.1, 0.15) is 94.1 Å². The van der Waals surface area contributed by atoms with Gasteiger partial charge in [-0.2, -0.15) is 5.26 Å². The number of para-hydroxylation sites is 2. The second-order valence-electron chi connectivity index (χ2n) is 36.2. The highest BCUT2D eigenvalue weighted by molar-refractivity contribution is 6.34. The van der Waals surface area contributed by atoms with Gasteiger partial charge >= 0.3 is 0 Å². The summed E-state index contributed by atoms with van der Waals surface area (Å²) in [6, 6.07) is 83.9. The summed E-state index contributed by atoms with van der Waals surface area (Å²) in [5.41, 5.74) is 11.4. The van der Waals surface area contributed by atoms with Gasteiger partial charge in [0.15, 0.2) is 0 Å². The Labute approximate surface area is 885 Å². The Kier molecular flexibility index (Phi) is 43.1. The molecule has 0 aliphatic carbocycles. The Bertz CT molecular complexity index is 6410. The SMILES string of the molecule is C=CC(=O)N1CCC(Oc2cc(OC)cc(-c3ccccc3)c2)CC1.C=CC(=O)N1CCC(Oc2cc(OC)cc(-c3ccccc3OC)c2)CC1.C=CC(=O)N1CCC(Oc2ccc(Cl)c(-c3ccccc3)c2)CC1.C=CC(=O)N1CCC(Oc2ccc(Cl)c(-c3ccccc3OC)c2)CC1.C=CC(=O)N1CCC(Oc2cccc(-c3ccc(C#N)cc3)c2)CC1.C=CC(=O)N1CCC(Oc2cccc(C(=O)N(C)C)c2)CC1. The fourth-order valence-corrected chi connectivity index (χ4v) is 18.4. The average molecular weight is 2050 g/mol. The minimum absolute atomic E-state index is 0.00805. The van der Waals surface area contributed by atoms with Crippen LogP contribution in [0.25, 0.3) is 55.6 Å². The lowest BCUT2D eigenvalue weighted by Gasteiger charge is -2.31. The smallest absolute Gasteiger partial charge is 0.253 e. The normalized spacial score (nSPS) is 14.8. The van der Waals surface area contributed by atoms with Crippen molar-refractivity contribution in [3.63, 3.8) is 0 Å². The molecular weight excluding hydrogens is 1920 g/mol. The Balaban J connectivity index is 0.000000159. The fourth-order valence-electron chi connectivity index (χ4n) is 18.0. The van der Waals surface area contributed by atoms with E-state index >= 15 is 0 Å². The van der Waals surface area contributed by atoms with Gasteiger partial charge in [0.25, 0.3) is 5.91 Å². The number of ether oxygens (including phenoxy) is 10. The first-order valence-corrected chi connectivity index (χ1v) is 50.8. The fraction of sp³-hybridized carbons (Fsp3) is 0.295. The van der Waals surface area contributed by atoms with Crippen LogP contribution < -0.4 is 47.4 Å². The third-order valence-corrected chi connectivity index (χ3v) is 26.8. The van der Waals surface area contributed by atoms with E-state index in [4.69, 9.17) is 75.8 Å². The summed E-state index contributed by atoms with van der Waals surface area (Å²) in [5, 5.41) is 10.2. The van der Waals surface area contributed by atoms with Crippen molar-refractivity contribution in [3.05, 3.63) is 352 Å². The summed E-state index contributed by atoms with van der Waals surface area (Å²) in [5.74, 6) is 7.58. The molecule has 11 aromatic carbocycles. The summed E-state index contributed by atoms with van der Waals surface area (Å²) >= 11 is 12.7. The molecule has 776 valence electrons. The second kappa shape index (κ2) is 57.4. The lowest BCUT2D eigenvalue weighted by molar-refractivity contribution is -0.128. The first-order valence-electron chi connectivity index (χ1n) is 50.1. The van der Waals surface area contributed by atoms with E-state index in [0.717, 1.165) is 184 Å². The molecule has 6 aliphatic heterocycles. The molecule has 6 heterocycles. The predicted molar refractivity (Wildman–Crippen MR) is 587 cm³/mol. The summed E-state index contributed by atoms with van der Waals surface area (Å²) in [7, 11) is 10.1. The molecule has 0 spiro atoms. The van der Waals surface area contributed by atoms with E-state index in [2.05, 4.69) is 57.7 Å². The number of carbonyl (C=O) groups excluding carboxylic acids is 7. The quantitative estimate of drug-likeness (QED) is 0.0413. The molecule has 6 saturated heterocycles. The molecule has 0 atom stereocenters. The molecule has 6 aliphatic rings. The molecule has 0 unspecified atom stereocenters. The van der Waals surface area contributed by atoms with E-state index in [1.54, 1.807) is 79.2 Å². The molecule has 0 N–H and O–H groups in total. The van der Waals surface area contributed by atoms with Gasteiger partial charge in [0.2, 0.25) is 35.4 Å². The Hall–Kier alpha value is -15.8. The van der Waals surface area contributed by atoms with Crippen LogP contribution in [0.15, 0.2) is 331 Å². The molecule has 11 aromatic rings. The molecule has 6 fully saturated rings. The predicted octanol–water partition coefficient (Wildman–Crippen LogP) is 22.7. The van der Waals surface area contributed by atoms with Crippen molar-refractivity contribution in [2.75, 3.05) is 121 Å². The van der Waals surface area contributed by atoms with Gasteiger partial charge in [0, 0.05) is 220 Å². The van der Waals surface area contributed by atoms with E-state index in [-0.39, 0.29) is 78.0 Å². The molecule has 149 heavy (non-hydrogen) atoms. The first kappa shape index (κ1) is 112. The van der Waals surface area contributed by atoms with Gasteiger partial charge in [-0.3, -0.25) is 33.6 Å². The van der Waals surface area contributed by atoms with Crippen LogP contribution in [0.2, 0.25) is 10.0 Å². The van der Waals surface area contributed by atoms with E-state index < -0.39 is 0 Å². The molecule has 0 radical (unpaired) electrons. The van der Waals surface area contributed by atoms with Crippen molar-refractivity contribution in [1.82, 2.24) is 34.3 Å².